The molecule has 3 aromatic rings. The van der Waals surface area contributed by atoms with Gasteiger partial charge < -0.3 is 24.1 Å². The minimum absolute atomic E-state index is 0.0000598. The van der Waals surface area contributed by atoms with Crippen molar-refractivity contribution in [1.29, 1.82) is 0 Å². The Labute approximate surface area is 222 Å². The van der Waals surface area contributed by atoms with Gasteiger partial charge in [-0.05, 0) is 88.0 Å². The molecule has 0 bridgehead atoms. The molecule has 1 unspecified atom stereocenters. The van der Waals surface area contributed by atoms with Gasteiger partial charge >= 0.3 is 0 Å². The first kappa shape index (κ1) is 25.6. The molecule has 38 heavy (non-hydrogen) atoms. The van der Waals surface area contributed by atoms with Crippen LogP contribution in [0, 0.1) is 6.92 Å². The molecule has 2 aromatic carbocycles. The second-order valence-corrected chi connectivity index (χ2v) is 10.1. The molecule has 1 amide bonds. The van der Waals surface area contributed by atoms with Crippen molar-refractivity contribution in [2.45, 2.75) is 32.9 Å². The van der Waals surface area contributed by atoms with Gasteiger partial charge in [-0.1, -0.05) is 0 Å². The van der Waals surface area contributed by atoms with E-state index < -0.39 is 17.7 Å². The summed E-state index contributed by atoms with van der Waals surface area (Å²) in [7, 11) is 2.11. The predicted octanol–water partition coefficient (Wildman–Crippen LogP) is 4.75. The van der Waals surface area contributed by atoms with Gasteiger partial charge in [-0.2, -0.15) is 0 Å². The summed E-state index contributed by atoms with van der Waals surface area (Å²) in [5.41, 5.74) is 2.85. The maximum Gasteiger partial charge on any atom is 0.300 e. The van der Waals surface area contributed by atoms with Gasteiger partial charge in [0.1, 0.15) is 23.3 Å². The van der Waals surface area contributed by atoms with Crippen molar-refractivity contribution < 1.29 is 23.8 Å². The van der Waals surface area contributed by atoms with E-state index >= 15 is 0 Å². The number of nitrogens with zero attached hydrogens (tertiary/aromatic N) is 3. The molecule has 1 atom stereocenters. The minimum atomic E-state index is -0.897. The van der Waals surface area contributed by atoms with Crippen molar-refractivity contribution in [2.24, 2.45) is 0 Å². The number of carbonyl (C=O) groups is 2. The first-order valence-corrected chi connectivity index (χ1v) is 12.9. The van der Waals surface area contributed by atoms with Gasteiger partial charge in [0, 0.05) is 43.1 Å². The summed E-state index contributed by atoms with van der Waals surface area (Å²) in [4.78, 5) is 32.7. The number of aliphatic hydroxyl groups excluding tert-OH is 1. The van der Waals surface area contributed by atoms with E-state index in [-0.39, 0.29) is 17.4 Å². The van der Waals surface area contributed by atoms with Crippen LogP contribution in [0.2, 0.25) is 0 Å². The van der Waals surface area contributed by atoms with Crippen molar-refractivity contribution in [1.82, 2.24) is 4.90 Å². The number of piperazine rings is 1. The molecular formula is C30H33N3O5. The fraction of sp³-hybridized carbons (Fsp3) is 0.333. The number of benzene rings is 2. The number of carbonyl (C=O) groups excluding carboxylic acids is 2. The number of Topliss-reactive ketones (excluding diaryl/α,β-unsaturated/α-hetero) is 1. The van der Waals surface area contributed by atoms with Gasteiger partial charge in [0.15, 0.2) is 0 Å². The normalized spacial score (nSPS) is 20.0. The Morgan fingerprint density at radius 1 is 1.00 bits per heavy atom. The topological polar surface area (TPSA) is 86.5 Å². The predicted molar refractivity (Wildman–Crippen MR) is 147 cm³/mol. The summed E-state index contributed by atoms with van der Waals surface area (Å²) >= 11 is 0. The standard InChI is InChI=1S/C30H33N3O5/c1-19(2)38-24-12-7-21(18-20(24)3)28(34)26-27(25-6-5-17-37-25)33(30(36)29(26)35)23-10-8-22(9-11-23)32-15-13-31(4)14-16-32/h5-12,17-19,27,34H,13-16H2,1-4H3/b28-26-. The number of likely N-dealkylation sites (N-methyl/N-ethyl adjacent to an activating group) is 1. The molecule has 3 heterocycles. The third-order valence-electron chi connectivity index (χ3n) is 7.06. The molecule has 2 aliphatic rings. The highest BCUT2D eigenvalue weighted by molar-refractivity contribution is 6.51. The van der Waals surface area contributed by atoms with E-state index in [1.54, 1.807) is 30.3 Å². The molecular weight excluding hydrogens is 482 g/mol. The molecule has 0 radical (unpaired) electrons. The maximum absolute atomic E-state index is 13.4. The summed E-state index contributed by atoms with van der Waals surface area (Å²) in [6.07, 6.45) is 1.49. The number of aliphatic hydroxyl groups is 1. The van der Waals surface area contributed by atoms with Crippen LogP contribution in [-0.2, 0) is 9.59 Å². The summed E-state index contributed by atoms with van der Waals surface area (Å²) in [5.74, 6) is -0.630. The van der Waals surface area contributed by atoms with E-state index in [1.807, 2.05) is 45.0 Å². The number of hydrogen-bond donors (Lipinski definition) is 1. The third-order valence-corrected chi connectivity index (χ3v) is 7.06. The van der Waals surface area contributed by atoms with Crippen LogP contribution in [0.1, 0.15) is 36.8 Å². The summed E-state index contributed by atoms with van der Waals surface area (Å²) in [6.45, 7) is 9.57. The van der Waals surface area contributed by atoms with E-state index in [9.17, 15) is 14.7 Å². The fourth-order valence-electron chi connectivity index (χ4n) is 5.04. The third kappa shape index (κ3) is 4.79. The van der Waals surface area contributed by atoms with Crippen molar-refractivity contribution >= 4 is 28.8 Å². The van der Waals surface area contributed by atoms with Gasteiger partial charge in [-0.25, -0.2) is 0 Å². The lowest BCUT2D eigenvalue weighted by atomic mass is 9.98. The quantitative estimate of drug-likeness (QED) is 0.288. The molecule has 2 fully saturated rings. The minimum Gasteiger partial charge on any atom is -0.507 e. The lowest BCUT2D eigenvalue weighted by Crippen LogP contribution is -2.44. The number of rotatable bonds is 6. The summed E-state index contributed by atoms with van der Waals surface area (Å²) in [5, 5.41) is 11.4. The number of aryl methyl sites for hydroxylation is 1. The largest absolute Gasteiger partial charge is 0.507 e. The van der Waals surface area contributed by atoms with Crippen LogP contribution in [0.5, 0.6) is 5.75 Å². The van der Waals surface area contributed by atoms with Gasteiger partial charge in [-0.3, -0.25) is 14.5 Å². The van der Waals surface area contributed by atoms with Crippen molar-refractivity contribution in [2.75, 3.05) is 43.0 Å². The van der Waals surface area contributed by atoms with Crippen LogP contribution in [0.4, 0.5) is 11.4 Å². The fourth-order valence-corrected chi connectivity index (χ4v) is 5.04. The van der Waals surface area contributed by atoms with Crippen molar-refractivity contribution in [3.8, 4) is 5.75 Å². The van der Waals surface area contributed by atoms with Crippen LogP contribution in [0.15, 0.2) is 70.9 Å². The number of anilines is 2. The Morgan fingerprint density at radius 2 is 1.68 bits per heavy atom. The Bertz CT molecular complexity index is 1350. The van der Waals surface area contributed by atoms with Crippen LogP contribution >= 0.6 is 0 Å². The highest BCUT2D eigenvalue weighted by Crippen LogP contribution is 2.43. The SMILES string of the molecule is Cc1cc(/C(O)=C2/C(=O)C(=O)N(c3ccc(N4CCN(C)CC4)cc3)C2c2ccco2)ccc1OC(C)C. The molecule has 5 rings (SSSR count). The monoisotopic (exact) mass is 515 g/mol. The lowest BCUT2D eigenvalue weighted by molar-refractivity contribution is -0.132. The van der Waals surface area contributed by atoms with E-state index in [2.05, 4.69) is 16.8 Å². The Hall–Kier alpha value is -4.04. The molecule has 8 nitrogen and oxygen atoms in total. The number of furan rings is 1. The molecule has 1 aromatic heterocycles. The Morgan fingerprint density at radius 3 is 2.29 bits per heavy atom. The van der Waals surface area contributed by atoms with Gasteiger partial charge in [0.25, 0.3) is 11.7 Å². The molecule has 1 N–H and O–H groups in total. The molecule has 2 aliphatic heterocycles. The van der Waals surface area contributed by atoms with Crippen molar-refractivity contribution in [3.05, 3.63) is 83.3 Å². The zero-order valence-corrected chi connectivity index (χ0v) is 22.2. The molecule has 0 aliphatic carbocycles. The van der Waals surface area contributed by atoms with Crippen LogP contribution < -0.4 is 14.5 Å². The van der Waals surface area contributed by atoms with Crippen LogP contribution in [-0.4, -0.2) is 61.0 Å². The average Bonchev–Trinajstić information content (AvgIpc) is 3.52. The van der Waals surface area contributed by atoms with Crippen LogP contribution in [0.3, 0.4) is 0 Å². The van der Waals surface area contributed by atoms with Crippen molar-refractivity contribution in [3.63, 3.8) is 0 Å². The highest BCUT2D eigenvalue weighted by atomic mass is 16.5. The zero-order valence-electron chi connectivity index (χ0n) is 22.2. The average molecular weight is 516 g/mol. The first-order chi connectivity index (χ1) is 18.2. The molecule has 8 heteroatoms. The lowest BCUT2D eigenvalue weighted by Gasteiger charge is -2.34. The van der Waals surface area contributed by atoms with Gasteiger partial charge in [0.2, 0.25) is 0 Å². The molecule has 2 saturated heterocycles. The second kappa shape index (κ2) is 10.4. The highest BCUT2D eigenvalue weighted by Gasteiger charge is 2.48. The smallest absolute Gasteiger partial charge is 0.300 e. The number of ether oxygens (including phenoxy) is 1. The molecule has 0 saturated carbocycles. The number of amides is 1. The molecule has 198 valence electrons. The zero-order chi connectivity index (χ0) is 27.0. The number of ketones is 1. The van der Waals surface area contributed by atoms with Gasteiger partial charge in [-0.15, -0.1) is 0 Å². The Kier molecular flexibility index (Phi) is 6.99. The first-order valence-electron chi connectivity index (χ1n) is 12.9. The van der Waals surface area contributed by atoms with E-state index in [4.69, 9.17) is 9.15 Å². The summed E-state index contributed by atoms with van der Waals surface area (Å²) < 4.78 is 11.5. The Balaban J connectivity index is 1.53. The van der Waals surface area contributed by atoms with E-state index in [0.717, 1.165) is 37.4 Å². The maximum atomic E-state index is 13.4. The number of hydrogen-bond acceptors (Lipinski definition) is 7. The molecule has 0 spiro atoms. The summed E-state index contributed by atoms with van der Waals surface area (Å²) in [6, 6.07) is 15.3. The van der Waals surface area contributed by atoms with Gasteiger partial charge in [0.05, 0.1) is 17.9 Å². The van der Waals surface area contributed by atoms with Crippen LogP contribution in [0.25, 0.3) is 5.76 Å². The second-order valence-electron chi connectivity index (χ2n) is 10.1. The van der Waals surface area contributed by atoms with E-state index in [0.29, 0.717) is 22.8 Å². The van der Waals surface area contributed by atoms with E-state index in [1.165, 1.54) is 11.2 Å².